The molecule has 0 saturated carbocycles. The number of hydrogen-bond donors (Lipinski definition) is 1. The molecule has 0 aromatic heterocycles. The molecule has 0 bridgehead atoms. The largest absolute Gasteiger partial charge is 0.460 e. The van der Waals surface area contributed by atoms with Gasteiger partial charge in [-0.15, -0.1) is 0 Å². The molecule has 7 heteroatoms. The zero-order valence-corrected chi connectivity index (χ0v) is 20.7. The molecule has 188 valence electrons. The Labute approximate surface area is 211 Å². The highest BCUT2D eigenvalue weighted by molar-refractivity contribution is 5.96. The second-order valence-electron chi connectivity index (χ2n) is 9.20. The Morgan fingerprint density at radius 3 is 1.53 bits per heavy atom. The van der Waals surface area contributed by atoms with Gasteiger partial charge in [0.15, 0.2) is 5.92 Å². The molecule has 36 heavy (non-hydrogen) atoms. The van der Waals surface area contributed by atoms with E-state index >= 15 is 0 Å². The Morgan fingerprint density at radius 2 is 1.11 bits per heavy atom. The van der Waals surface area contributed by atoms with Crippen molar-refractivity contribution in [2.45, 2.75) is 45.6 Å². The molecular weight excluding hydrogens is 458 g/mol. The van der Waals surface area contributed by atoms with Gasteiger partial charge in [-0.25, -0.2) is 4.79 Å². The van der Waals surface area contributed by atoms with Crippen molar-refractivity contribution in [3.05, 3.63) is 108 Å². The van der Waals surface area contributed by atoms with Crippen molar-refractivity contribution < 1.29 is 28.6 Å². The van der Waals surface area contributed by atoms with Crippen LogP contribution in [-0.4, -0.2) is 23.6 Å². The summed E-state index contributed by atoms with van der Waals surface area (Å²) in [5.74, 6) is -3.10. The zero-order valence-electron chi connectivity index (χ0n) is 20.7. The quantitative estimate of drug-likeness (QED) is 0.247. The van der Waals surface area contributed by atoms with Crippen molar-refractivity contribution in [2.75, 3.05) is 0 Å². The first kappa shape index (κ1) is 26.5. The summed E-state index contributed by atoms with van der Waals surface area (Å²) >= 11 is 0. The Hall–Kier alpha value is -4.13. The maximum atomic E-state index is 13.3. The number of hydrogen-bond acceptors (Lipinski definition) is 6. The number of esters is 2. The van der Waals surface area contributed by atoms with Gasteiger partial charge in [-0.1, -0.05) is 91.0 Å². The minimum atomic E-state index is -1.47. The van der Waals surface area contributed by atoms with Crippen LogP contribution in [0.3, 0.4) is 0 Å². The molecular formula is C29H31NO6. The van der Waals surface area contributed by atoms with E-state index in [0.717, 1.165) is 11.1 Å². The molecule has 3 rings (SSSR count). The molecule has 1 atom stereocenters. The average molecular weight is 490 g/mol. The highest BCUT2D eigenvalue weighted by Gasteiger charge is 2.40. The third-order valence-electron chi connectivity index (χ3n) is 5.12. The van der Waals surface area contributed by atoms with Gasteiger partial charge >= 0.3 is 18.0 Å². The molecule has 0 aliphatic carbocycles. The molecule has 3 aromatic carbocycles. The minimum absolute atomic E-state index is 0.0317. The van der Waals surface area contributed by atoms with Crippen molar-refractivity contribution >= 4 is 18.0 Å². The number of carbonyl (C=O) groups excluding carboxylic acids is 3. The molecule has 1 unspecified atom stereocenters. The van der Waals surface area contributed by atoms with Crippen LogP contribution in [0, 0.1) is 5.92 Å². The number of nitrogens with one attached hydrogen (secondary N) is 1. The van der Waals surface area contributed by atoms with E-state index in [2.05, 4.69) is 5.32 Å². The van der Waals surface area contributed by atoms with Crippen LogP contribution in [-0.2, 0) is 37.0 Å². The number of carbonyl (C=O) groups is 3. The lowest BCUT2D eigenvalue weighted by Gasteiger charge is -2.27. The van der Waals surface area contributed by atoms with E-state index in [0.29, 0.717) is 5.56 Å². The van der Waals surface area contributed by atoms with Gasteiger partial charge in [0.05, 0.1) is 6.04 Å². The van der Waals surface area contributed by atoms with E-state index in [1.54, 1.807) is 51.1 Å². The van der Waals surface area contributed by atoms with Gasteiger partial charge in [0.1, 0.15) is 18.8 Å². The van der Waals surface area contributed by atoms with Crippen LogP contribution in [0.5, 0.6) is 0 Å². The van der Waals surface area contributed by atoms with E-state index in [1.165, 1.54) is 0 Å². The molecule has 3 aromatic rings. The van der Waals surface area contributed by atoms with Gasteiger partial charge in [-0.05, 0) is 37.5 Å². The normalized spacial score (nSPS) is 11.9. The average Bonchev–Trinajstić information content (AvgIpc) is 2.86. The summed E-state index contributed by atoms with van der Waals surface area (Å²) in [7, 11) is 0. The van der Waals surface area contributed by atoms with Gasteiger partial charge in [0, 0.05) is 0 Å². The number of benzene rings is 3. The van der Waals surface area contributed by atoms with E-state index in [9.17, 15) is 14.4 Å². The molecule has 0 aliphatic rings. The van der Waals surface area contributed by atoms with Crippen molar-refractivity contribution in [3.8, 4) is 0 Å². The van der Waals surface area contributed by atoms with Crippen LogP contribution in [0.15, 0.2) is 91.0 Å². The van der Waals surface area contributed by atoms with Gasteiger partial charge in [-0.3, -0.25) is 9.59 Å². The van der Waals surface area contributed by atoms with Crippen molar-refractivity contribution in [3.63, 3.8) is 0 Å². The summed E-state index contributed by atoms with van der Waals surface area (Å²) in [6.45, 7) is 5.11. The fourth-order valence-electron chi connectivity index (χ4n) is 3.46. The van der Waals surface area contributed by atoms with Crippen molar-refractivity contribution in [1.82, 2.24) is 5.32 Å². The maximum absolute atomic E-state index is 13.3. The van der Waals surface area contributed by atoms with Gasteiger partial charge in [0.25, 0.3) is 0 Å². The van der Waals surface area contributed by atoms with E-state index < -0.39 is 35.6 Å². The number of alkyl carbamates (subject to hydrolysis) is 1. The van der Waals surface area contributed by atoms with Crippen molar-refractivity contribution in [1.29, 1.82) is 0 Å². The summed E-state index contributed by atoms with van der Waals surface area (Å²) in [6, 6.07) is 25.9. The second kappa shape index (κ2) is 12.5. The first-order chi connectivity index (χ1) is 17.2. The third-order valence-corrected chi connectivity index (χ3v) is 5.12. The van der Waals surface area contributed by atoms with Crippen molar-refractivity contribution in [2.24, 2.45) is 5.92 Å². The summed E-state index contributed by atoms with van der Waals surface area (Å²) in [4.78, 5) is 39.4. The van der Waals surface area contributed by atoms with Crippen LogP contribution in [0.2, 0.25) is 0 Å². The summed E-state index contributed by atoms with van der Waals surface area (Å²) < 4.78 is 16.4. The molecule has 0 radical (unpaired) electrons. The number of amides is 1. The van der Waals surface area contributed by atoms with E-state index in [1.807, 2.05) is 60.7 Å². The standard InChI is InChI=1S/C29H31NO6/c1-29(2,3)36-28(33)30-25(23-17-11-6-12-18-23)24(26(31)34-19-21-13-7-4-8-14-21)27(32)35-20-22-15-9-5-10-16-22/h4-18,24-25H,19-20H2,1-3H3,(H,30,33). The fourth-order valence-corrected chi connectivity index (χ4v) is 3.46. The Morgan fingerprint density at radius 1 is 0.694 bits per heavy atom. The second-order valence-corrected chi connectivity index (χ2v) is 9.20. The van der Waals surface area contributed by atoms with Gasteiger partial charge < -0.3 is 19.5 Å². The Balaban J connectivity index is 1.88. The topological polar surface area (TPSA) is 90.9 Å². The number of rotatable bonds is 9. The minimum Gasteiger partial charge on any atom is -0.460 e. The van der Waals surface area contributed by atoms with Crippen LogP contribution >= 0.6 is 0 Å². The highest BCUT2D eigenvalue weighted by atomic mass is 16.6. The molecule has 7 nitrogen and oxygen atoms in total. The van der Waals surface area contributed by atoms with Gasteiger partial charge in [0.2, 0.25) is 0 Å². The van der Waals surface area contributed by atoms with Crippen LogP contribution in [0.4, 0.5) is 4.79 Å². The summed E-state index contributed by atoms with van der Waals surface area (Å²) in [5, 5.41) is 2.69. The SMILES string of the molecule is CC(C)(C)OC(=O)NC(c1ccccc1)C(C(=O)OCc1ccccc1)C(=O)OCc1ccccc1. The van der Waals surface area contributed by atoms with Gasteiger partial charge in [-0.2, -0.15) is 0 Å². The predicted octanol–water partition coefficient (Wildman–Crippen LogP) is 5.36. The first-order valence-corrected chi connectivity index (χ1v) is 11.7. The zero-order chi connectivity index (χ0) is 26.0. The third kappa shape index (κ3) is 8.27. The van der Waals surface area contributed by atoms with E-state index in [-0.39, 0.29) is 13.2 Å². The summed E-state index contributed by atoms with van der Waals surface area (Å²) in [5.41, 5.74) is 1.28. The number of ether oxygens (including phenoxy) is 3. The molecule has 1 amide bonds. The lowest BCUT2D eigenvalue weighted by Crippen LogP contribution is -2.43. The smallest absolute Gasteiger partial charge is 0.408 e. The maximum Gasteiger partial charge on any atom is 0.408 e. The monoisotopic (exact) mass is 489 g/mol. The lowest BCUT2D eigenvalue weighted by atomic mass is 9.93. The van der Waals surface area contributed by atoms with E-state index in [4.69, 9.17) is 14.2 Å². The highest BCUT2D eigenvalue weighted by Crippen LogP contribution is 2.27. The summed E-state index contributed by atoms with van der Waals surface area (Å²) in [6.07, 6.45) is -0.770. The Kier molecular flexibility index (Phi) is 9.22. The fraction of sp³-hybridized carbons (Fsp3) is 0.276. The molecule has 0 aliphatic heterocycles. The first-order valence-electron chi connectivity index (χ1n) is 11.7. The molecule has 0 heterocycles. The molecule has 0 saturated heterocycles. The van der Waals surface area contributed by atoms with Crippen LogP contribution < -0.4 is 5.32 Å². The molecule has 0 fully saturated rings. The molecule has 0 spiro atoms. The predicted molar refractivity (Wildman–Crippen MR) is 135 cm³/mol. The van der Waals surface area contributed by atoms with Crippen LogP contribution in [0.25, 0.3) is 0 Å². The Bertz CT molecular complexity index is 1070. The lowest BCUT2D eigenvalue weighted by molar-refractivity contribution is -0.165. The van der Waals surface area contributed by atoms with Crippen LogP contribution in [0.1, 0.15) is 43.5 Å². The molecule has 1 N–H and O–H groups in total.